The standard InChI is InChI=1S/C14H18FN3O/c1-8(2)14-10(5-9(15)6-12(14)19-4)11-7-13(16)18(3)17-11/h5-8H,16H2,1-4H3. The van der Waals surface area contributed by atoms with E-state index >= 15 is 0 Å². The van der Waals surface area contributed by atoms with Crippen LogP contribution >= 0.6 is 0 Å². The summed E-state index contributed by atoms with van der Waals surface area (Å²) in [6.45, 7) is 4.07. The number of nitrogens with zero attached hydrogens (tertiary/aromatic N) is 2. The number of benzene rings is 1. The first-order chi connectivity index (χ1) is 8.93. The number of anilines is 1. The Bertz CT molecular complexity index is 585. The van der Waals surface area contributed by atoms with E-state index in [1.165, 1.54) is 19.2 Å². The normalized spacial score (nSPS) is 11.1. The Morgan fingerprint density at radius 3 is 2.47 bits per heavy atom. The average Bonchev–Trinajstić information content (AvgIpc) is 2.68. The predicted molar refractivity (Wildman–Crippen MR) is 73.7 cm³/mol. The van der Waals surface area contributed by atoms with Gasteiger partial charge in [-0.25, -0.2) is 4.39 Å². The van der Waals surface area contributed by atoms with Gasteiger partial charge < -0.3 is 10.5 Å². The zero-order valence-electron chi connectivity index (χ0n) is 11.6. The molecule has 19 heavy (non-hydrogen) atoms. The van der Waals surface area contributed by atoms with Crippen molar-refractivity contribution < 1.29 is 9.13 Å². The molecule has 0 atom stereocenters. The molecule has 2 rings (SSSR count). The predicted octanol–water partition coefficient (Wildman–Crippen LogP) is 2.94. The maximum absolute atomic E-state index is 13.7. The molecule has 4 nitrogen and oxygen atoms in total. The van der Waals surface area contributed by atoms with Crippen molar-refractivity contribution in [3.8, 4) is 17.0 Å². The molecule has 0 saturated carbocycles. The fourth-order valence-corrected chi connectivity index (χ4v) is 2.18. The second kappa shape index (κ2) is 4.91. The lowest BCUT2D eigenvalue weighted by atomic mass is 9.94. The topological polar surface area (TPSA) is 53.1 Å². The number of hydrogen-bond donors (Lipinski definition) is 1. The summed E-state index contributed by atoms with van der Waals surface area (Å²) in [4.78, 5) is 0. The maximum atomic E-state index is 13.7. The van der Waals surface area contributed by atoms with E-state index in [0.717, 1.165) is 11.1 Å². The van der Waals surface area contributed by atoms with E-state index in [1.54, 1.807) is 17.8 Å². The monoisotopic (exact) mass is 263 g/mol. The average molecular weight is 263 g/mol. The number of methoxy groups -OCH3 is 1. The van der Waals surface area contributed by atoms with Crippen LogP contribution in [0.25, 0.3) is 11.3 Å². The van der Waals surface area contributed by atoms with E-state index in [-0.39, 0.29) is 11.7 Å². The van der Waals surface area contributed by atoms with Crippen LogP contribution in [0.3, 0.4) is 0 Å². The summed E-state index contributed by atoms with van der Waals surface area (Å²) in [6, 6.07) is 4.60. The lowest BCUT2D eigenvalue weighted by Crippen LogP contribution is -2.00. The van der Waals surface area contributed by atoms with Gasteiger partial charge in [0.1, 0.15) is 17.4 Å². The fraction of sp³-hybridized carbons (Fsp3) is 0.357. The van der Waals surface area contributed by atoms with Crippen LogP contribution < -0.4 is 10.5 Å². The third kappa shape index (κ3) is 2.41. The number of aromatic nitrogens is 2. The Balaban J connectivity index is 2.70. The second-order valence-corrected chi connectivity index (χ2v) is 4.80. The molecule has 0 radical (unpaired) electrons. The molecule has 2 N–H and O–H groups in total. The van der Waals surface area contributed by atoms with Gasteiger partial charge in [-0.1, -0.05) is 13.8 Å². The molecule has 1 aromatic carbocycles. The zero-order chi connectivity index (χ0) is 14.2. The van der Waals surface area contributed by atoms with Crippen LogP contribution in [0, 0.1) is 5.82 Å². The first-order valence-electron chi connectivity index (χ1n) is 6.11. The lowest BCUT2D eigenvalue weighted by molar-refractivity contribution is 0.404. The molecule has 0 unspecified atom stereocenters. The van der Waals surface area contributed by atoms with Crippen LogP contribution in [-0.2, 0) is 7.05 Å². The maximum Gasteiger partial charge on any atom is 0.127 e. The molecule has 0 fully saturated rings. The van der Waals surface area contributed by atoms with Gasteiger partial charge in [0.05, 0.1) is 12.8 Å². The first-order valence-corrected chi connectivity index (χ1v) is 6.11. The smallest absolute Gasteiger partial charge is 0.127 e. The largest absolute Gasteiger partial charge is 0.496 e. The minimum Gasteiger partial charge on any atom is -0.496 e. The van der Waals surface area contributed by atoms with Gasteiger partial charge in [-0.3, -0.25) is 4.68 Å². The van der Waals surface area contributed by atoms with Crippen molar-refractivity contribution in [1.82, 2.24) is 9.78 Å². The van der Waals surface area contributed by atoms with Crippen LogP contribution in [0.4, 0.5) is 10.2 Å². The molecule has 0 saturated heterocycles. The van der Waals surface area contributed by atoms with Crippen LogP contribution in [0.2, 0.25) is 0 Å². The van der Waals surface area contributed by atoms with E-state index in [0.29, 0.717) is 17.3 Å². The Morgan fingerprint density at radius 2 is 2.00 bits per heavy atom. The number of nitrogen functional groups attached to an aromatic ring is 1. The van der Waals surface area contributed by atoms with Crippen molar-refractivity contribution >= 4 is 5.82 Å². The van der Waals surface area contributed by atoms with E-state index < -0.39 is 0 Å². The van der Waals surface area contributed by atoms with Crippen molar-refractivity contribution in [3.63, 3.8) is 0 Å². The molecule has 1 aromatic heterocycles. The molecule has 0 aliphatic rings. The Hall–Kier alpha value is -2.04. The Kier molecular flexibility index (Phi) is 3.46. The molecule has 102 valence electrons. The summed E-state index contributed by atoms with van der Waals surface area (Å²) in [5, 5.41) is 4.31. The van der Waals surface area contributed by atoms with Crippen LogP contribution in [-0.4, -0.2) is 16.9 Å². The zero-order valence-corrected chi connectivity index (χ0v) is 11.6. The highest BCUT2D eigenvalue weighted by molar-refractivity contribution is 5.70. The molecule has 0 bridgehead atoms. The third-order valence-corrected chi connectivity index (χ3v) is 3.10. The van der Waals surface area contributed by atoms with Gasteiger partial charge in [0.15, 0.2) is 0 Å². The van der Waals surface area contributed by atoms with Crippen molar-refractivity contribution in [1.29, 1.82) is 0 Å². The highest BCUT2D eigenvalue weighted by Crippen LogP contribution is 2.37. The van der Waals surface area contributed by atoms with Crippen LogP contribution in [0.5, 0.6) is 5.75 Å². The first kappa shape index (κ1) is 13.4. The molecule has 0 aliphatic heterocycles. The van der Waals surface area contributed by atoms with Gasteiger partial charge in [0, 0.05) is 30.3 Å². The van der Waals surface area contributed by atoms with Gasteiger partial charge in [-0.15, -0.1) is 0 Å². The Morgan fingerprint density at radius 1 is 1.32 bits per heavy atom. The molecule has 2 aromatic rings. The summed E-state index contributed by atoms with van der Waals surface area (Å²) in [5.74, 6) is 0.913. The lowest BCUT2D eigenvalue weighted by Gasteiger charge is -2.16. The van der Waals surface area contributed by atoms with Gasteiger partial charge in [-0.2, -0.15) is 5.10 Å². The highest BCUT2D eigenvalue weighted by Gasteiger charge is 2.18. The Labute approximate surface area is 112 Å². The summed E-state index contributed by atoms with van der Waals surface area (Å²) in [7, 11) is 3.29. The number of rotatable bonds is 3. The fourth-order valence-electron chi connectivity index (χ4n) is 2.18. The van der Waals surface area contributed by atoms with Crippen molar-refractivity contribution in [2.45, 2.75) is 19.8 Å². The SMILES string of the molecule is COc1cc(F)cc(-c2cc(N)n(C)n2)c1C(C)C. The summed E-state index contributed by atoms with van der Waals surface area (Å²) in [6.07, 6.45) is 0. The minimum absolute atomic E-state index is 0.189. The molecule has 5 heteroatoms. The molecular formula is C14H18FN3O. The quantitative estimate of drug-likeness (QED) is 0.926. The minimum atomic E-state index is -0.347. The van der Waals surface area contributed by atoms with Crippen LogP contribution in [0.15, 0.2) is 18.2 Å². The van der Waals surface area contributed by atoms with Crippen molar-refractivity contribution in [3.05, 3.63) is 29.6 Å². The second-order valence-electron chi connectivity index (χ2n) is 4.80. The number of hydrogen-bond acceptors (Lipinski definition) is 3. The summed E-state index contributed by atoms with van der Waals surface area (Å²) in [5.41, 5.74) is 8.10. The van der Waals surface area contributed by atoms with Crippen molar-refractivity contribution in [2.75, 3.05) is 12.8 Å². The van der Waals surface area contributed by atoms with E-state index in [2.05, 4.69) is 5.10 Å². The molecule has 0 aliphatic carbocycles. The summed E-state index contributed by atoms with van der Waals surface area (Å²) < 4.78 is 20.6. The van der Waals surface area contributed by atoms with E-state index in [9.17, 15) is 4.39 Å². The number of nitrogens with two attached hydrogens (primary N) is 1. The molecule has 0 amide bonds. The number of ether oxygens (including phenoxy) is 1. The highest BCUT2D eigenvalue weighted by atomic mass is 19.1. The summed E-state index contributed by atoms with van der Waals surface area (Å²) >= 11 is 0. The number of aryl methyl sites for hydroxylation is 1. The van der Waals surface area contributed by atoms with Gasteiger partial charge in [0.25, 0.3) is 0 Å². The molecule has 0 spiro atoms. The van der Waals surface area contributed by atoms with Gasteiger partial charge >= 0.3 is 0 Å². The number of halogens is 1. The molecular weight excluding hydrogens is 245 g/mol. The van der Waals surface area contributed by atoms with Crippen LogP contribution in [0.1, 0.15) is 25.3 Å². The van der Waals surface area contributed by atoms with Gasteiger partial charge in [-0.05, 0) is 12.0 Å². The van der Waals surface area contributed by atoms with E-state index in [1.807, 2.05) is 13.8 Å². The van der Waals surface area contributed by atoms with Crippen molar-refractivity contribution in [2.24, 2.45) is 7.05 Å². The molecule has 1 heterocycles. The van der Waals surface area contributed by atoms with E-state index in [4.69, 9.17) is 10.5 Å². The third-order valence-electron chi connectivity index (χ3n) is 3.10. The van der Waals surface area contributed by atoms with Gasteiger partial charge in [0.2, 0.25) is 0 Å².